The standard InChI is InChI=1S/C19H19BrIN3O3/c1-12-9-16(7-8-17(12)20)27-11-19(26)24-23-13(2)10-18(25)22-15-5-3-14(21)4-6-15/h3-9H,10-11H2,1-2H3,(H,22,25)(H,24,26). The maximum Gasteiger partial charge on any atom is 0.277 e. The summed E-state index contributed by atoms with van der Waals surface area (Å²) in [5.74, 6) is 0.00436. The zero-order valence-electron chi connectivity index (χ0n) is 14.9. The Hall–Kier alpha value is -1.94. The molecule has 0 aromatic heterocycles. The molecule has 0 unspecified atom stereocenters. The maximum atomic E-state index is 12.0. The fourth-order valence-corrected chi connectivity index (χ4v) is 2.66. The number of carbonyl (C=O) groups is 2. The molecule has 2 aromatic carbocycles. The van der Waals surface area contributed by atoms with E-state index in [4.69, 9.17) is 4.74 Å². The smallest absolute Gasteiger partial charge is 0.277 e. The van der Waals surface area contributed by atoms with Crippen LogP contribution in [0.4, 0.5) is 5.69 Å². The van der Waals surface area contributed by atoms with Crippen LogP contribution in [0.15, 0.2) is 52.0 Å². The summed E-state index contributed by atoms with van der Waals surface area (Å²) in [5.41, 5.74) is 4.61. The van der Waals surface area contributed by atoms with E-state index in [-0.39, 0.29) is 18.9 Å². The molecule has 0 radical (unpaired) electrons. The first kappa shape index (κ1) is 21.4. The molecule has 2 N–H and O–H groups in total. The van der Waals surface area contributed by atoms with E-state index in [1.807, 2.05) is 43.3 Å². The lowest BCUT2D eigenvalue weighted by Crippen LogP contribution is -2.26. The summed E-state index contributed by atoms with van der Waals surface area (Å²) in [6.07, 6.45) is 0.0824. The topological polar surface area (TPSA) is 79.8 Å². The van der Waals surface area contributed by atoms with E-state index in [9.17, 15) is 9.59 Å². The molecule has 142 valence electrons. The van der Waals surface area contributed by atoms with Crippen molar-refractivity contribution in [3.05, 3.63) is 56.1 Å². The van der Waals surface area contributed by atoms with E-state index in [2.05, 4.69) is 54.4 Å². The second-order valence-electron chi connectivity index (χ2n) is 5.81. The fraction of sp³-hybridized carbons (Fsp3) is 0.211. The van der Waals surface area contributed by atoms with E-state index in [0.717, 1.165) is 19.3 Å². The lowest BCUT2D eigenvalue weighted by Gasteiger charge is -2.08. The summed E-state index contributed by atoms with van der Waals surface area (Å²) >= 11 is 5.60. The van der Waals surface area contributed by atoms with E-state index in [0.29, 0.717) is 11.5 Å². The Balaban J connectivity index is 1.76. The lowest BCUT2D eigenvalue weighted by molar-refractivity contribution is -0.123. The molecular formula is C19H19BrIN3O3. The van der Waals surface area contributed by atoms with Gasteiger partial charge in [-0.25, -0.2) is 5.43 Å². The van der Waals surface area contributed by atoms with Crippen molar-refractivity contribution in [2.75, 3.05) is 11.9 Å². The van der Waals surface area contributed by atoms with Gasteiger partial charge in [0.1, 0.15) is 5.75 Å². The van der Waals surface area contributed by atoms with E-state index in [1.165, 1.54) is 0 Å². The molecule has 0 heterocycles. The highest BCUT2D eigenvalue weighted by Gasteiger charge is 2.07. The molecule has 6 nitrogen and oxygen atoms in total. The first-order valence-electron chi connectivity index (χ1n) is 8.10. The Labute approximate surface area is 180 Å². The molecule has 0 aliphatic carbocycles. The van der Waals surface area contributed by atoms with Crippen LogP contribution in [0.5, 0.6) is 5.75 Å². The van der Waals surface area contributed by atoms with Gasteiger partial charge in [0, 0.05) is 19.4 Å². The number of ether oxygens (including phenoxy) is 1. The van der Waals surface area contributed by atoms with Crippen LogP contribution < -0.4 is 15.5 Å². The van der Waals surface area contributed by atoms with E-state index >= 15 is 0 Å². The number of hydrogen-bond donors (Lipinski definition) is 2. The summed E-state index contributed by atoms with van der Waals surface area (Å²) in [6, 6.07) is 12.9. The quantitative estimate of drug-likeness (QED) is 0.311. The molecule has 0 spiro atoms. The Morgan fingerprint density at radius 3 is 2.52 bits per heavy atom. The minimum absolute atomic E-state index is 0.0824. The van der Waals surface area contributed by atoms with Crippen LogP contribution in [-0.2, 0) is 9.59 Å². The van der Waals surface area contributed by atoms with Crippen molar-refractivity contribution in [2.24, 2.45) is 5.10 Å². The Morgan fingerprint density at radius 1 is 1.15 bits per heavy atom. The maximum absolute atomic E-state index is 12.0. The van der Waals surface area contributed by atoms with Crippen molar-refractivity contribution in [2.45, 2.75) is 20.3 Å². The van der Waals surface area contributed by atoms with Crippen molar-refractivity contribution in [1.29, 1.82) is 0 Å². The molecule has 0 saturated heterocycles. The normalized spacial score (nSPS) is 11.0. The van der Waals surface area contributed by atoms with Crippen molar-refractivity contribution in [1.82, 2.24) is 5.43 Å². The number of aryl methyl sites for hydroxylation is 1. The van der Waals surface area contributed by atoms with Gasteiger partial charge in [-0.1, -0.05) is 15.9 Å². The summed E-state index contributed by atoms with van der Waals surface area (Å²) in [5, 5.41) is 6.71. The van der Waals surface area contributed by atoms with Crippen LogP contribution in [0.2, 0.25) is 0 Å². The average Bonchev–Trinajstić information content (AvgIpc) is 2.63. The number of benzene rings is 2. The molecular weight excluding hydrogens is 525 g/mol. The monoisotopic (exact) mass is 543 g/mol. The highest BCUT2D eigenvalue weighted by Crippen LogP contribution is 2.21. The predicted molar refractivity (Wildman–Crippen MR) is 118 cm³/mol. The van der Waals surface area contributed by atoms with Gasteiger partial charge in [0.25, 0.3) is 5.91 Å². The summed E-state index contributed by atoms with van der Waals surface area (Å²) in [6.45, 7) is 3.45. The number of carbonyl (C=O) groups excluding carboxylic acids is 2. The van der Waals surface area contributed by atoms with Crippen LogP contribution in [-0.4, -0.2) is 24.1 Å². The van der Waals surface area contributed by atoms with Crippen molar-refractivity contribution >= 4 is 61.7 Å². The molecule has 2 rings (SSSR count). The number of hydrazone groups is 1. The van der Waals surface area contributed by atoms with Crippen molar-refractivity contribution in [3.63, 3.8) is 0 Å². The van der Waals surface area contributed by atoms with Crippen molar-refractivity contribution in [3.8, 4) is 5.75 Å². The van der Waals surface area contributed by atoms with Crippen LogP contribution in [0.1, 0.15) is 18.9 Å². The molecule has 0 aliphatic heterocycles. The zero-order chi connectivity index (χ0) is 19.8. The van der Waals surface area contributed by atoms with Gasteiger partial charge in [-0.15, -0.1) is 0 Å². The summed E-state index contributed by atoms with van der Waals surface area (Å²) < 4.78 is 7.49. The van der Waals surface area contributed by atoms with E-state index < -0.39 is 5.91 Å². The SMILES string of the molecule is CC(CC(=O)Nc1ccc(I)cc1)=NNC(=O)COc1ccc(Br)c(C)c1. The lowest BCUT2D eigenvalue weighted by atomic mass is 10.2. The van der Waals surface area contributed by atoms with Gasteiger partial charge >= 0.3 is 0 Å². The third kappa shape index (κ3) is 7.67. The third-order valence-corrected chi connectivity index (χ3v) is 5.02. The first-order valence-corrected chi connectivity index (χ1v) is 9.97. The van der Waals surface area contributed by atoms with Gasteiger partial charge in [0.2, 0.25) is 5.91 Å². The Kier molecular flexibility index (Phi) is 8.23. The summed E-state index contributed by atoms with van der Waals surface area (Å²) in [4.78, 5) is 23.8. The van der Waals surface area contributed by atoms with Crippen LogP contribution in [0, 0.1) is 10.5 Å². The first-order chi connectivity index (χ1) is 12.8. The van der Waals surface area contributed by atoms with Gasteiger partial charge in [0.15, 0.2) is 6.61 Å². The Morgan fingerprint density at radius 2 is 1.85 bits per heavy atom. The molecule has 8 heteroatoms. The predicted octanol–water partition coefficient (Wildman–Crippen LogP) is 4.26. The molecule has 2 aromatic rings. The number of amides is 2. The largest absolute Gasteiger partial charge is 0.484 e. The second kappa shape index (κ2) is 10.4. The average molecular weight is 544 g/mol. The van der Waals surface area contributed by atoms with Crippen LogP contribution in [0.3, 0.4) is 0 Å². The minimum atomic E-state index is -0.395. The fourth-order valence-electron chi connectivity index (χ4n) is 2.06. The highest BCUT2D eigenvalue weighted by molar-refractivity contribution is 14.1. The molecule has 27 heavy (non-hydrogen) atoms. The number of rotatable bonds is 7. The number of nitrogens with one attached hydrogen (secondary N) is 2. The molecule has 0 atom stereocenters. The van der Waals surface area contributed by atoms with Crippen LogP contribution >= 0.6 is 38.5 Å². The van der Waals surface area contributed by atoms with Crippen LogP contribution in [0.25, 0.3) is 0 Å². The van der Waals surface area contributed by atoms with E-state index in [1.54, 1.807) is 13.0 Å². The molecule has 2 amide bonds. The highest BCUT2D eigenvalue weighted by atomic mass is 127. The Bertz CT molecular complexity index is 854. The third-order valence-electron chi connectivity index (χ3n) is 3.42. The minimum Gasteiger partial charge on any atom is -0.484 e. The number of anilines is 1. The zero-order valence-corrected chi connectivity index (χ0v) is 18.6. The molecule has 0 saturated carbocycles. The van der Waals surface area contributed by atoms with Gasteiger partial charge in [-0.2, -0.15) is 5.10 Å². The number of halogens is 2. The van der Waals surface area contributed by atoms with Crippen molar-refractivity contribution < 1.29 is 14.3 Å². The molecule has 0 bridgehead atoms. The van der Waals surface area contributed by atoms with Gasteiger partial charge in [-0.3, -0.25) is 9.59 Å². The molecule has 0 fully saturated rings. The second-order valence-corrected chi connectivity index (χ2v) is 7.91. The number of nitrogens with zero attached hydrogens (tertiary/aromatic N) is 1. The number of hydrogen-bond acceptors (Lipinski definition) is 4. The summed E-state index contributed by atoms with van der Waals surface area (Å²) in [7, 11) is 0. The van der Waals surface area contributed by atoms with Gasteiger partial charge in [-0.05, 0) is 84.5 Å². The molecule has 0 aliphatic rings. The van der Waals surface area contributed by atoms with Gasteiger partial charge in [0.05, 0.1) is 6.42 Å². The van der Waals surface area contributed by atoms with Gasteiger partial charge < -0.3 is 10.1 Å².